The number of rotatable bonds is 4. The predicted molar refractivity (Wildman–Crippen MR) is 58.0 cm³/mol. The molecule has 0 spiro atoms. The minimum Gasteiger partial charge on any atom is -0.389 e. The minimum atomic E-state index is -0.606. The summed E-state index contributed by atoms with van der Waals surface area (Å²) in [5, 5.41) is 9.45. The molecule has 1 aromatic carbocycles. The van der Waals surface area contributed by atoms with Gasteiger partial charge in [-0.1, -0.05) is 6.92 Å². The summed E-state index contributed by atoms with van der Waals surface area (Å²) in [5.41, 5.74) is 0.684. The highest BCUT2D eigenvalue weighted by molar-refractivity contribution is 7.99. The Kier molecular flexibility index (Phi) is 4.42. The summed E-state index contributed by atoms with van der Waals surface area (Å²) in [6.45, 7) is 3.75. The molecular formula is C11H15FOS. The maximum absolute atomic E-state index is 12.9. The first-order valence-corrected chi connectivity index (χ1v) is 5.74. The Morgan fingerprint density at radius 2 is 2.21 bits per heavy atom. The summed E-state index contributed by atoms with van der Waals surface area (Å²) in [7, 11) is 0. The van der Waals surface area contributed by atoms with Crippen molar-refractivity contribution in [1.29, 1.82) is 0 Å². The van der Waals surface area contributed by atoms with Crippen molar-refractivity contribution in [1.82, 2.24) is 0 Å². The third-order valence-corrected chi connectivity index (χ3v) is 3.18. The van der Waals surface area contributed by atoms with E-state index in [1.165, 1.54) is 12.1 Å². The SMILES string of the molecule is CCCSc1ccc(F)cc1[C@@H](C)O. The molecule has 1 atom stereocenters. The van der Waals surface area contributed by atoms with Crippen molar-refractivity contribution < 1.29 is 9.50 Å². The van der Waals surface area contributed by atoms with Gasteiger partial charge >= 0.3 is 0 Å². The highest BCUT2D eigenvalue weighted by atomic mass is 32.2. The summed E-state index contributed by atoms with van der Waals surface area (Å²) in [6, 6.07) is 4.57. The molecule has 0 fully saturated rings. The fourth-order valence-electron chi connectivity index (χ4n) is 1.19. The molecule has 0 aliphatic rings. The molecule has 0 unspecified atom stereocenters. The number of hydrogen-bond acceptors (Lipinski definition) is 2. The maximum atomic E-state index is 12.9. The Morgan fingerprint density at radius 3 is 2.79 bits per heavy atom. The topological polar surface area (TPSA) is 20.2 Å². The lowest BCUT2D eigenvalue weighted by Crippen LogP contribution is -1.95. The van der Waals surface area contributed by atoms with Gasteiger partial charge in [0.2, 0.25) is 0 Å². The number of aliphatic hydroxyl groups excluding tert-OH is 1. The van der Waals surface area contributed by atoms with Crippen LogP contribution in [0, 0.1) is 5.82 Å². The molecule has 1 N–H and O–H groups in total. The van der Waals surface area contributed by atoms with Crippen molar-refractivity contribution in [2.24, 2.45) is 0 Å². The van der Waals surface area contributed by atoms with Crippen LogP contribution in [0.5, 0.6) is 0 Å². The van der Waals surface area contributed by atoms with E-state index in [0.717, 1.165) is 17.1 Å². The highest BCUT2D eigenvalue weighted by Crippen LogP contribution is 2.28. The lowest BCUT2D eigenvalue weighted by atomic mass is 10.1. The Balaban J connectivity index is 2.90. The van der Waals surface area contributed by atoms with Crippen molar-refractivity contribution in [3.63, 3.8) is 0 Å². The first-order valence-electron chi connectivity index (χ1n) is 4.75. The summed E-state index contributed by atoms with van der Waals surface area (Å²) in [5.74, 6) is 0.701. The Morgan fingerprint density at radius 1 is 1.50 bits per heavy atom. The third kappa shape index (κ3) is 3.00. The quantitative estimate of drug-likeness (QED) is 0.775. The van der Waals surface area contributed by atoms with Crippen molar-refractivity contribution in [2.75, 3.05) is 5.75 Å². The summed E-state index contributed by atoms with van der Waals surface area (Å²) >= 11 is 1.66. The average molecular weight is 214 g/mol. The molecule has 1 aromatic rings. The molecule has 0 radical (unpaired) electrons. The second-order valence-corrected chi connectivity index (χ2v) is 4.34. The lowest BCUT2D eigenvalue weighted by molar-refractivity contribution is 0.196. The molecule has 0 heterocycles. The van der Waals surface area contributed by atoms with Crippen LogP contribution in [-0.4, -0.2) is 10.9 Å². The van der Waals surface area contributed by atoms with Crippen LogP contribution < -0.4 is 0 Å². The van der Waals surface area contributed by atoms with Crippen LogP contribution in [0.15, 0.2) is 23.1 Å². The van der Waals surface area contributed by atoms with Gasteiger partial charge in [-0.25, -0.2) is 4.39 Å². The molecule has 14 heavy (non-hydrogen) atoms. The normalized spacial score (nSPS) is 12.9. The zero-order chi connectivity index (χ0) is 10.6. The van der Waals surface area contributed by atoms with Gasteiger partial charge in [-0.15, -0.1) is 11.8 Å². The van der Waals surface area contributed by atoms with Crippen LogP contribution in [0.3, 0.4) is 0 Å². The summed E-state index contributed by atoms with van der Waals surface area (Å²) in [4.78, 5) is 0.975. The molecule has 1 nitrogen and oxygen atoms in total. The van der Waals surface area contributed by atoms with E-state index in [1.807, 2.05) is 0 Å². The van der Waals surface area contributed by atoms with E-state index >= 15 is 0 Å². The van der Waals surface area contributed by atoms with Crippen LogP contribution >= 0.6 is 11.8 Å². The Bertz CT molecular complexity index is 299. The average Bonchev–Trinajstić information content (AvgIpc) is 2.15. The van der Waals surface area contributed by atoms with Gasteiger partial charge in [-0.05, 0) is 42.9 Å². The van der Waals surface area contributed by atoms with Crippen LogP contribution in [0.25, 0.3) is 0 Å². The highest BCUT2D eigenvalue weighted by Gasteiger charge is 2.09. The maximum Gasteiger partial charge on any atom is 0.123 e. The van der Waals surface area contributed by atoms with Gasteiger partial charge < -0.3 is 5.11 Å². The standard InChI is InChI=1S/C11H15FOS/c1-3-6-14-11-5-4-9(12)7-10(11)8(2)13/h4-5,7-8,13H,3,6H2,1-2H3/t8-/m1/s1. The zero-order valence-electron chi connectivity index (χ0n) is 8.46. The van der Waals surface area contributed by atoms with Crippen molar-refractivity contribution in [3.8, 4) is 0 Å². The summed E-state index contributed by atoms with van der Waals surface area (Å²) < 4.78 is 12.9. The smallest absolute Gasteiger partial charge is 0.123 e. The molecule has 0 saturated carbocycles. The second kappa shape index (κ2) is 5.37. The van der Waals surface area contributed by atoms with Crippen LogP contribution in [0.1, 0.15) is 31.9 Å². The monoisotopic (exact) mass is 214 g/mol. The molecule has 3 heteroatoms. The van der Waals surface area contributed by atoms with Gasteiger partial charge in [0.05, 0.1) is 6.10 Å². The first kappa shape index (κ1) is 11.5. The van der Waals surface area contributed by atoms with Crippen molar-refractivity contribution >= 4 is 11.8 Å². The molecule has 0 aromatic heterocycles. The number of hydrogen-bond donors (Lipinski definition) is 1. The van der Waals surface area contributed by atoms with Crippen LogP contribution in [0.4, 0.5) is 4.39 Å². The van der Waals surface area contributed by atoms with Gasteiger partial charge in [0.1, 0.15) is 5.82 Å². The first-order chi connectivity index (χ1) is 6.65. The predicted octanol–water partition coefficient (Wildman–Crippen LogP) is 3.38. The van der Waals surface area contributed by atoms with E-state index in [1.54, 1.807) is 24.8 Å². The molecule has 0 saturated heterocycles. The number of thioether (sulfide) groups is 1. The van der Waals surface area contributed by atoms with Crippen molar-refractivity contribution in [3.05, 3.63) is 29.6 Å². The number of aliphatic hydroxyl groups is 1. The van der Waals surface area contributed by atoms with Gasteiger partial charge in [-0.3, -0.25) is 0 Å². The van der Waals surface area contributed by atoms with E-state index in [0.29, 0.717) is 5.56 Å². The van der Waals surface area contributed by atoms with E-state index in [2.05, 4.69) is 6.92 Å². The third-order valence-electron chi connectivity index (χ3n) is 1.88. The van der Waals surface area contributed by atoms with Gasteiger partial charge in [-0.2, -0.15) is 0 Å². The molecule has 0 amide bonds. The largest absolute Gasteiger partial charge is 0.389 e. The lowest BCUT2D eigenvalue weighted by Gasteiger charge is -2.11. The number of benzene rings is 1. The molecule has 78 valence electrons. The molecular weight excluding hydrogens is 199 g/mol. The van der Waals surface area contributed by atoms with Gasteiger partial charge in [0, 0.05) is 4.90 Å². The fourth-order valence-corrected chi connectivity index (χ4v) is 2.17. The van der Waals surface area contributed by atoms with E-state index in [4.69, 9.17) is 0 Å². The van der Waals surface area contributed by atoms with E-state index in [9.17, 15) is 9.50 Å². The Hall–Kier alpha value is -0.540. The van der Waals surface area contributed by atoms with Gasteiger partial charge in [0.25, 0.3) is 0 Å². The summed E-state index contributed by atoms with van der Waals surface area (Å²) in [6.07, 6.45) is 0.464. The van der Waals surface area contributed by atoms with Crippen LogP contribution in [-0.2, 0) is 0 Å². The Labute approximate surface area is 88.3 Å². The zero-order valence-corrected chi connectivity index (χ0v) is 9.27. The fraction of sp³-hybridized carbons (Fsp3) is 0.455. The molecule has 0 aliphatic carbocycles. The minimum absolute atomic E-state index is 0.290. The molecule has 0 bridgehead atoms. The van der Waals surface area contributed by atoms with E-state index in [-0.39, 0.29) is 5.82 Å². The molecule has 1 rings (SSSR count). The second-order valence-electron chi connectivity index (χ2n) is 3.21. The molecule has 0 aliphatic heterocycles. The van der Waals surface area contributed by atoms with E-state index < -0.39 is 6.10 Å². The van der Waals surface area contributed by atoms with Crippen molar-refractivity contribution in [2.45, 2.75) is 31.3 Å². The van der Waals surface area contributed by atoms with Gasteiger partial charge in [0.15, 0.2) is 0 Å². The van der Waals surface area contributed by atoms with Crippen LogP contribution in [0.2, 0.25) is 0 Å². The number of halogens is 1.